The van der Waals surface area contributed by atoms with E-state index in [2.05, 4.69) is 13.8 Å². The maximum Gasteiger partial charge on any atom is 0.335 e. The first kappa shape index (κ1) is 34.0. The molecule has 0 aliphatic rings. The lowest BCUT2D eigenvalue weighted by Gasteiger charge is -2.20. The van der Waals surface area contributed by atoms with Crippen molar-refractivity contribution in [2.75, 3.05) is 0 Å². The van der Waals surface area contributed by atoms with Crippen LogP contribution in [0, 0.1) is 0 Å². The zero-order chi connectivity index (χ0) is 27.8. The highest BCUT2D eigenvalue weighted by atomic mass is 16.5. The zero-order valence-corrected chi connectivity index (χ0v) is 24.5. The van der Waals surface area contributed by atoms with Gasteiger partial charge in [-0.05, 0) is 43.9 Å². The fourth-order valence-electron chi connectivity index (χ4n) is 5.09. The molecule has 0 fully saturated rings. The molecule has 0 aliphatic carbocycles. The second kappa shape index (κ2) is 22.9. The smallest absolute Gasteiger partial charge is 0.335 e. The number of carboxylic acids is 2. The summed E-state index contributed by atoms with van der Waals surface area (Å²) >= 11 is 0. The number of unbranched alkanes of at least 4 members (excludes halogenated alkanes) is 18. The van der Waals surface area contributed by atoms with Gasteiger partial charge in [-0.25, -0.2) is 9.59 Å². The number of carbonyl (C=O) groups is 2. The van der Waals surface area contributed by atoms with Gasteiger partial charge in [-0.3, -0.25) is 0 Å². The largest absolute Gasteiger partial charge is 0.490 e. The Labute approximate surface area is 232 Å². The lowest BCUT2D eigenvalue weighted by atomic mass is 10.0. The van der Waals surface area contributed by atoms with Crippen LogP contribution in [0.2, 0.25) is 0 Å². The van der Waals surface area contributed by atoms with E-state index in [4.69, 9.17) is 4.74 Å². The van der Waals surface area contributed by atoms with E-state index < -0.39 is 11.9 Å². The molecule has 5 nitrogen and oxygen atoms in total. The lowest BCUT2D eigenvalue weighted by molar-refractivity contribution is 0.0695. The molecule has 0 aromatic heterocycles. The Morgan fingerprint density at radius 2 is 0.868 bits per heavy atom. The average molecular weight is 533 g/mol. The second-order valence-electron chi connectivity index (χ2n) is 11.0. The molecule has 1 rings (SSSR count). The van der Waals surface area contributed by atoms with Crippen molar-refractivity contribution in [3.05, 3.63) is 29.3 Å². The van der Waals surface area contributed by atoms with E-state index >= 15 is 0 Å². The van der Waals surface area contributed by atoms with E-state index in [-0.39, 0.29) is 17.2 Å². The Bertz CT molecular complexity index is 689. The molecule has 0 atom stereocenters. The molecule has 0 bridgehead atoms. The fourth-order valence-corrected chi connectivity index (χ4v) is 5.09. The van der Waals surface area contributed by atoms with Gasteiger partial charge in [-0.15, -0.1) is 0 Å². The van der Waals surface area contributed by atoms with Crippen LogP contribution in [-0.4, -0.2) is 28.3 Å². The van der Waals surface area contributed by atoms with Crippen LogP contribution in [0.5, 0.6) is 5.75 Å². The molecule has 218 valence electrons. The van der Waals surface area contributed by atoms with Crippen LogP contribution in [0.4, 0.5) is 0 Å². The summed E-state index contributed by atoms with van der Waals surface area (Å²) in [7, 11) is 0. The number of hydrogen-bond donors (Lipinski definition) is 2. The summed E-state index contributed by atoms with van der Waals surface area (Å²) in [5.41, 5.74) is -0.0898. The minimum atomic E-state index is -1.14. The molecule has 38 heavy (non-hydrogen) atoms. The zero-order valence-electron chi connectivity index (χ0n) is 24.5. The minimum Gasteiger partial charge on any atom is -0.490 e. The van der Waals surface area contributed by atoms with Gasteiger partial charge in [-0.2, -0.15) is 0 Å². The molecular weight excluding hydrogens is 476 g/mol. The standard InChI is InChI=1S/C33H56O5/c1-3-5-7-9-11-13-15-17-19-21-23-30(24-22-20-18-16-14-12-10-8-6-4-2)38-31-26-28(32(34)35)25-29(27-31)33(36)37/h25-27,30H,3-24H2,1-2H3,(H,34,35)(H,36,37). The van der Waals surface area contributed by atoms with E-state index in [1.54, 1.807) is 0 Å². The van der Waals surface area contributed by atoms with Gasteiger partial charge in [0.2, 0.25) is 0 Å². The Morgan fingerprint density at radius 3 is 1.18 bits per heavy atom. The van der Waals surface area contributed by atoms with Crippen molar-refractivity contribution in [2.24, 2.45) is 0 Å². The summed E-state index contributed by atoms with van der Waals surface area (Å²) in [6.07, 6.45) is 27.5. The maximum atomic E-state index is 11.5. The summed E-state index contributed by atoms with van der Waals surface area (Å²) in [5, 5.41) is 18.8. The van der Waals surface area contributed by atoms with Gasteiger partial charge in [0.15, 0.2) is 0 Å². The van der Waals surface area contributed by atoms with Crippen molar-refractivity contribution in [2.45, 2.75) is 161 Å². The van der Waals surface area contributed by atoms with E-state index in [1.807, 2.05) is 0 Å². The molecular formula is C33H56O5. The highest BCUT2D eigenvalue weighted by molar-refractivity contribution is 5.94. The SMILES string of the molecule is CCCCCCCCCCCCC(CCCCCCCCCCCC)Oc1cc(C(=O)O)cc(C(=O)O)c1. The number of rotatable bonds is 26. The quantitative estimate of drug-likeness (QED) is 0.116. The maximum absolute atomic E-state index is 11.5. The third-order valence-corrected chi connectivity index (χ3v) is 7.46. The third-order valence-electron chi connectivity index (χ3n) is 7.46. The third kappa shape index (κ3) is 17.5. The van der Waals surface area contributed by atoms with Crippen molar-refractivity contribution in [3.63, 3.8) is 0 Å². The van der Waals surface area contributed by atoms with Crippen LogP contribution >= 0.6 is 0 Å². The molecule has 0 heterocycles. The van der Waals surface area contributed by atoms with Crippen molar-refractivity contribution in [1.82, 2.24) is 0 Å². The van der Waals surface area contributed by atoms with Gasteiger partial charge in [0.1, 0.15) is 5.75 Å². The van der Waals surface area contributed by atoms with Crippen LogP contribution in [0.1, 0.15) is 176 Å². The van der Waals surface area contributed by atoms with E-state index in [0.29, 0.717) is 5.75 Å². The molecule has 1 aromatic carbocycles. The summed E-state index contributed by atoms with van der Waals surface area (Å²) in [6.45, 7) is 4.50. The number of hydrogen-bond acceptors (Lipinski definition) is 3. The molecule has 5 heteroatoms. The monoisotopic (exact) mass is 532 g/mol. The molecule has 2 N–H and O–H groups in total. The second-order valence-corrected chi connectivity index (χ2v) is 11.0. The molecule has 0 spiro atoms. The van der Waals surface area contributed by atoms with Gasteiger partial charge in [0.25, 0.3) is 0 Å². The Balaban J connectivity index is 2.49. The number of benzene rings is 1. The van der Waals surface area contributed by atoms with Crippen molar-refractivity contribution in [3.8, 4) is 5.75 Å². The van der Waals surface area contributed by atoms with Gasteiger partial charge in [0, 0.05) is 0 Å². The van der Waals surface area contributed by atoms with E-state index in [0.717, 1.165) is 25.7 Å². The highest BCUT2D eigenvalue weighted by Gasteiger charge is 2.16. The average Bonchev–Trinajstić information content (AvgIpc) is 2.90. The van der Waals surface area contributed by atoms with Crippen LogP contribution in [0.3, 0.4) is 0 Å². The number of carboxylic acid groups (broad SMARTS) is 2. The van der Waals surface area contributed by atoms with Gasteiger partial charge in [-0.1, -0.05) is 129 Å². The summed E-state index contributed by atoms with van der Waals surface area (Å²) in [5.74, 6) is -1.93. The van der Waals surface area contributed by atoms with Crippen molar-refractivity contribution < 1.29 is 24.5 Å². The summed E-state index contributed by atoms with van der Waals surface area (Å²) in [6, 6.07) is 4.11. The fraction of sp³-hybridized carbons (Fsp3) is 0.758. The summed E-state index contributed by atoms with van der Waals surface area (Å²) < 4.78 is 6.23. The normalized spacial score (nSPS) is 11.2. The minimum absolute atomic E-state index is 0.0104. The predicted molar refractivity (Wildman–Crippen MR) is 158 cm³/mol. The first-order valence-electron chi connectivity index (χ1n) is 15.8. The molecule has 0 unspecified atom stereocenters. The van der Waals surface area contributed by atoms with Crippen LogP contribution in [-0.2, 0) is 0 Å². The molecule has 1 aromatic rings. The van der Waals surface area contributed by atoms with E-state index in [1.165, 1.54) is 134 Å². The number of aromatic carboxylic acids is 2. The summed E-state index contributed by atoms with van der Waals surface area (Å²) in [4.78, 5) is 23.0. The van der Waals surface area contributed by atoms with Gasteiger partial charge in [0.05, 0.1) is 17.2 Å². The van der Waals surface area contributed by atoms with Crippen LogP contribution in [0.25, 0.3) is 0 Å². The molecule has 0 saturated carbocycles. The lowest BCUT2D eigenvalue weighted by Crippen LogP contribution is -2.17. The highest BCUT2D eigenvalue weighted by Crippen LogP contribution is 2.24. The first-order chi connectivity index (χ1) is 18.5. The first-order valence-corrected chi connectivity index (χ1v) is 15.8. The molecule has 0 radical (unpaired) electrons. The Hall–Kier alpha value is -2.04. The van der Waals surface area contributed by atoms with Gasteiger partial charge >= 0.3 is 11.9 Å². The topological polar surface area (TPSA) is 83.8 Å². The van der Waals surface area contributed by atoms with Crippen LogP contribution in [0.15, 0.2) is 18.2 Å². The van der Waals surface area contributed by atoms with Crippen molar-refractivity contribution >= 4 is 11.9 Å². The molecule has 0 aliphatic heterocycles. The Kier molecular flexibility index (Phi) is 20.5. The molecule has 0 amide bonds. The predicted octanol–water partition coefficient (Wildman–Crippen LogP) is 10.5. The van der Waals surface area contributed by atoms with Gasteiger partial charge < -0.3 is 14.9 Å². The van der Waals surface area contributed by atoms with E-state index in [9.17, 15) is 19.8 Å². The van der Waals surface area contributed by atoms with Crippen molar-refractivity contribution in [1.29, 1.82) is 0 Å². The Morgan fingerprint density at radius 1 is 0.553 bits per heavy atom. The van der Waals surface area contributed by atoms with Crippen LogP contribution < -0.4 is 4.74 Å². The number of ether oxygens (including phenoxy) is 1. The molecule has 0 saturated heterocycles.